The third-order valence-corrected chi connectivity index (χ3v) is 4.30. The van der Waals surface area contributed by atoms with Crippen molar-refractivity contribution in [3.8, 4) is 0 Å². The summed E-state index contributed by atoms with van der Waals surface area (Å²) in [7, 11) is 0. The van der Waals surface area contributed by atoms with E-state index in [1.165, 1.54) is 11.6 Å². The van der Waals surface area contributed by atoms with Gasteiger partial charge in [-0.15, -0.1) is 0 Å². The minimum absolute atomic E-state index is 0.272. The van der Waals surface area contributed by atoms with Gasteiger partial charge >= 0.3 is 0 Å². The SMILES string of the molecule is Fc1ccccc1Cn1cc(Cl)c(NC(=S)NCCc2ccccc2)n1. The van der Waals surface area contributed by atoms with Crippen molar-refractivity contribution in [3.63, 3.8) is 0 Å². The van der Waals surface area contributed by atoms with Gasteiger partial charge in [-0.2, -0.15) is 5.10 Å². The van der Waals surface area contributed by atoms with E-state index in [0.717, 1.165) is 6.42 Å². The van der Waals surface area contributed by atoms with Crippen molar-refractivity contribution in [1.82, 2.24) is 15.1 Å². The first-order valence-electron chi connectivity index (χ1n) is 8.17. The molecule has 0 saturated carbocycles. The van der Waals surface area contributed by atoms with Crippen molar-refractivity contribution < 1.29 is 4.39 Å². The van der Waals surface area contributed by atoms with E-state index in [0.29, 0.717) is 34.6 Å². The van der Waals surface area contributed by atoms with Crippen molar-refractivity contribution in [1.29, 1.82) is 0 Å². The lowest BCUT2D eigenvalue weighted by atomic mass is 10.1. The third kappa shape index (κ3) is 5.03. The summed E-state index contributed by atoms with van der Waals surface area (Å²) in [5.74, 6) is 0.173. The molecule has 0 saturated heterocycles. The smallest absolute Gasteiger partial charge is 0.173 e. The molecule has 0 aliphatic rings. The number of halogens is 2. The van der Waals surface area contributed by atoms with Gasteiger partial charge in [0.05, 0.1) is 6.54 Å². The van der Waals surface area contributed by atoms with Crippen LogP contribution in [0.5, 0.6) is 0 Å². The molecule has 0 aliphatic heterocycles. The normalized spacial score (nSPS) is 10.5. The number of hydrogen-bond acceptors (Lipinski definition) is 2. The van der Waals surface area contributed by atoms with E-state index in [1.54, 1.807) is 29.1 Å². The van der Waals surface area contributed by atoms with Crippen LogP contribution < -0.4 is 10.6 Å². The van der Waals surface area contributed by atoms with Gasteiger partial charge in [0.2, 0.25) is 0 Å². The molecule has 0 amide bonds. The average molecular weight is 389 g/mol. The van der Waals surface area contributed by atoms with Crippen molar-refractivity contribution in [2.45, 2.75) is 13.0 Å². The zero-order valence-electron chi connectivity index (χ0n) is 14.0. The lowest BCUT2D eigenvalue weighted by Crippen LogP contribution is -2.30. The van der Waals surface area contributed by atoms with Crippen LogP contribution in [-0.2, 0) is 13.0 Å². The molecule has 0 atom stereocenters. The van der Waals surface area contributed by atoms with Crippen LogP contribution in [0.3, 0.4) is 0 Å². The van der Waals surface area contributed by atoms with E-state index in [2.05, 4.69) is 27.9 Å². The zero-order valence-corrected chi connectivity index (χ0v) is 15.5. The molecule has 0 unspecified atom stereocenters. The Morgan fingerprint density at radius 3 is 2.62 bits per heavy atom. The molecule has 3 aromatic rings. The first-order chi connectivity index (χ1) is 12.6. The molecule has 0 aliphatic carbocycles. The molecule has 0 fully saturated rings. The molecule has 7 heteroatoms. The number of thiocarbonyl (C=S) groups is 1. The molecule has 3 rings (SSSR count). The second kappa shape index (κ2) is 8.78. The number of anilines is 1. The van der Waals surface area contributed by atoms with Crippen LogP contribution in [0.4, 0.5) is 10.2 Å². The van der Waals surface area contributed by atoms with Crippen LogP contribution in [0.1, 0.15) is 11.1 Å². The molecule has 134 valence electrons. The van der Waals surface area contributed by atoms with Gasteiger partial charge in [-0.1, -0.05) is 60.1 Å². The largest absolute Gasteiger partial charge is 0.362 e. The van der Waals surface area contributed by atoms with Crippen LogP contribution in [0.15, 0.2) is 60.8 Å². The number of nitrogens with one attached hydrogen (secondary N) is 2. The van der Waals surface area contributed by atoms with Gasteiger partial charge in [0, 0.05) is 18.3 Å². The maximum Gasteiger partial charge on any atom is 0.173 e. The van der Waals surface area contributed by atoms with E-state index >= 15 is 0 Å². The van der Waals surface area contributed by atoms with E-state index < -0.39 is 0 Å². The molecular formula is C19H18ClFN4S. The minimum atomic E-state index is -0.272. The Labute approximate surface area is 162 Å². The standard InChI is InChI=1S/C19H18ClFN4S/c20-16-13-25(12-15-8-4-5-9-17(15)21)24-18(16)23-19(26)22-11-10-14-6-2-1-3-7-14/h1-9,13H,10-12H2,(H2,22,23,24,26). The van der Waals surface area contributed by atoms with Crippen LogP contribution in [0, 0.1) is 5.82 Å². The fraction of sp³-hybridized carbons (Fsp3) is 0.158. The quantitative estimate of drug-likeness (QED) is 0.619. The summed E-state index contributed by atoms with van der Waals surface area (Å²) in [5, 5.41) is 11.3. The summed E-state index contributed by atoms with van der Waals surface area (Å²) in [5.41, 5.74) is 1.77. The molecule has 26 heavy (non-hydrogen) atoms. The van der Waals surface area contributed by atoms with Gasteiger partial charge in [0.25, 0.3) is 0 Å². The molecular weight excluding hydrogens is 371 g/mol. The summed E-state index contributed by atoms with van der Waals surface area (Å²) >= 11 is 11.5. The Hall–Kier alpha value is -2.44. The van der Waals surface area contributed by atoms with E-state index in [4.69, 9.17) is 23.8 Å². The fourth-order valence-corrected chi connectivity index (χ4v) is 2.88. The number of rotatable bonds is 6. The van der Waals surface area contributed by atoms with Crippen LogP contribution in [0.2, 0.25) is 5.02 Å². The van der Waals surface area contributed by atoms with Crippen molar-refractivity contribution in [3.05, 3.63) is 82.8 Å². The lowest BCUT2D eigenvalue weighted by molar-refractivity contribution is 0.586. The predicted molar refractivity (Wildman–Crippen MR) is 107 cm³/mol. The minimum Gasteiger partial charge on any atom is -0.362 e. The second-order valence-corrected chi connectivity index (χ2v) is 6.55. The maximum atomic E-state index is 13.8. The number of aromatic nitrogens is 2. The van der Waals surface area contributed by atoms with E-state index in [1.807, 2.05) is 18.2 Å². The molecule has 0 spiro atoms. The topological polar surface area (TPSA) is 41.9 Å². The molecule has 0 radical (unpaired) electrons. The third-order valence-electron chi connectivity index (χ3n) is 3.78. The first kappa shape index (κ1) is 18.4. The molecule has 2 aromatic carbocycles. The Morgan fingerprint density at radius 2 is 1.85 bits per heavy atom. The Morgan fingerprint density at radius 1 is 1.12 bits per heavy atom. The molecule has 1 heterocycles. The summed E-state index contributed by atoms with van der Waals surface area (Å²) in [4.78, 5) is 0. The highest BCUT2D eigenvalue weighted by molar-refractivity contribution is 7.80. The fourth-order valence-electron chi connectivity index (χ4n) is 2.48. The number of nitrogens with zero attached hydrogens (tertiary/aromatic N) is 2. The summed E-state index contributed by atoms with van der Waals surface area (Å²) in [6.45, 7) is 0.992. The van der Waals surface area contributed by atoms with Crippen molar-refractivity contribution >= 4 is 34.7 Å². The Bertz CT molecular complexity index is 882. The predicted octanol–water partition coefficient (Wildman–Crippen LogP) is 4.25. The average Bonchev–Trinajstić information content (AvgIpc) is 2.97. The second-order valence-electron chi connectivity index (χ2n) is 5.73. The summed E-state index contributed by atoms with van der Waals surface area (Å²) < 4.78 is 15.3. The van der Waals surface area contributed by atoms with Gasteiger partial charge in [-0.3, -0.25) is 4.68 Å². The number of benzene rings is 2. The highest BCUT2D eigenvalue weighted by atomic mass is 35.5. The highest BCUT2D eigenvalue weighted by Crippen LogP contribution is 2.20. The zero-order chi connectivity index (χ0) is 18.4. The summed E-state index contributed by atoms with van der Waals surface area (Å²) in [6, 6.07) is 16.7. The van der Waals surface area contributed by atoms with Crippen molar-refractivity contribution in [2.75, 3.05) is 11.9 Å². The van der Waals surface area contributed by atoms with Gasteiger partial charge in [-0.25, -0.2) is 4.39 Å². The lowest BCUT2D eigenvalue weighted by Gasteiger charge is -2.09. The number of hydrogen-bond donors (Lipinski definition) is 2. The Kier molecular flexibility index (Phi) is 6.20. The maximum absolute atomic E-state index is 13.8. The van der Waals surface area contributed by atoms with Gasteiger partial charge in [0.15, 0.2) is 10.9 Å². The van der Waals surface area contributed by atoms with Crippen LogP contribution in [-0.4, -0.2) is 21.4 Å². The molecule has 2 N–H and O–H groups in total. The van der Waals surface area contributed by atoms with Crippen molar-refractivity contribution in [2.24, 2.45) is 0 Å². The van der Waals surface area contributed by atoms with Gasteiger partial charge < -0.3 is 10.6 Å². The summed E-state index contributed by atoms with van der Waals surface area (Å²) in [6.07, 6.45) is 2.50. The van der Waals surface area contributed by atoms with Gasteiger partial charge in [0.1, 0.15) is 10.8 Å². The van der Waals surface area contributed by atoms with Gasteiger partial charge in [-0.05, 0) is 30.3 Å². The van der Waals surface area contributed by atoms with E-state index in [-0.39, 0.29) is 5.82 Å². The highest BCUT2D eigenvalue weighted by Gasteiger charge is 2.10. The van der Waals surface area contributed by atoms with Crippen LogP contribution in [0.25, 0.3) is 0 Å². The molecule has 0 bridgehead atoms. The Balaban J connectivity index is 1.54. The van der Waals surface area contributed by atoms with E-state index in [9.17, 15) is 4.39 Å². The molecule has 1 aromatic heterocycles. The first-order valence-corrected chi connectivity index (χ1v) is 8.95. The van der Waals surface area contributed by atoms with Crippen LogP contribution >= 0.6 is 23.8 Å². The monoisotopic (exact) mass is 388 g/mol. The molecule has 4 nitrogen and oxygen atoms in total.